The van der Waals surface area contributed by atoms with Gasteiger partial charge in [-0.3, -0.25) is 0 Å². The highest BCUT2D eigenvalue weighted by molar-refractivity contribution is 5.88. The molecule has 0 amide bonds. The lowest BCUT2D eigenvalue weighted by molar-refractivity contribution is 0.0693. The van der Waals surface area contributed by atoms with Crippen molar-refractivity contribution >= 4 is 5.97 Å². The fraction of sp³-hybridized carbons (Fsp3) is 0.500. The maximum atomic E-state index is 10.9. The van der Waals surface area contributed by atoms with Crippen LogP contribution in [0.25, 0.3) is 0 Å². The molecule has 0 aliphatic rings. The number of nitrogens with zero attached hydrogens (tertiary/aromatic N) is 1. The molecule has 0 aliphatic carbocycles. The zero-order chi connectivity index (χ0) is 12.8. The highest BCUT2D eigenvalue weighted by Crippen LogP contribution is 2.15. The van der Waals surface area contributed by atoms with E-state index in [1.807, 2.05) is 13.8 Å². The van der Waals surface area contributed by atoms with E-state index in [2.05, 4.69) is 4.98 Å². The van der Waals surface area contributed by atoms with Crippen molar-refractivity contribution in [3.63, 3.8) is 0 Å². The Kier molecular flexibility index (Phi) is 4.90. The minimum atomic E-state index is -0.980. The van der Waals surface area contributed by atoms with Gasteiger partial charge >= 0.3 is 5.97 Å². The summed E-state index contributed by atoms with van der Waals surface area (Å²) >= 11 is 0. The summed E-state index contributed by atoms with van der Waals surface area (Å²) in [6.07, 6.45) is 0.497. The number of methoxy groups -OCH3 is 1. The Labute approximate surface area is 100 Å². The van der Waals surface area contributed by atoms with Crippen molar-refractivity contribution < 1.29 is 19.4 Å². The molecule has 0 saturated carbocycles. The molecule has 0 aliphatic heterocycles. The monoisotopic (exact) mass is 239 g/mol. The van der Waals surface area contributed by atoms with Crippen LogP contribution in [0.4, 0.5) is 0 Å². The normalized spacial score (nSPS) is 12.2. The number of aryl methyl sites for hydroxylation is 1. The van der Waals surface area contributed by atoms with Crippen LogP contribution in [-0.2, 0) is 11.2 Å². The highest BCUT2D eigenvalue weighted by Gasteiger charge is 2.11. The molecule has 1 N–H and O–H groups in total. The Hall–Kier alpha value is -1.62. The summed E-state index contributed by atoms with van der Waals surface area (Å²) in [5.74, 6) is -0.655. The van der Waals surface area contributed by atoms with Gasteiger partial charge in [-0.1, -0.05) is 6.92 Å². The molecule has 5 heteroatoms. The lowest BCUT2D eigenvalue weighted by Gasteiger charge is -2.13. The summed E-state index contributed by atoms with van der Waals surface area (Å²) < 4.78 is 10.4. The fourth-order valence-corrected chi connectivity index (χ4v) is 1.40. The summed E-state index contributed by atoms with van der Waals surface area (Å²) in [6.45, 7) is 4.18. The number of rotatable bonds is 6. The molecular formula is C12H17NO4. The first-order valence-electron chi connectivity index (χ1n) is 5.46. The van der Waals surface area contributed by atoms with Gasteiger partial charge < -0.3 is 14.6 Å². The predicted octanol–water partition coefficient (Wildman–Crippen LogP) is 1.76. The first-order valence-corrected chi connectivity index (χ1v) is 5.46. The molecule has 0 aromatic carbocycles. The summed E-state index contributed by atoms with van der Waals surface area (Å²) in [4.78, 5) is 15.1. The smallest absolute Gasteiger partial charge is 0.335 e. The molecule has 1 unspecified atom stereocenters. The van der Waals surface area contributed by atoms with Crippen LogP contribution >= 0.6 is 0 Å². The number of ether oxygens (including phenoxy) is 2. The molecular weight excluding hydrogens is 222 g/mol. The first-order chi connectivity index (χ1) is 8.06. The maximum Gasteiger partial charge on any atom is 0.335 e. The SMILES string of the molecule is CCc1cc(C(=O)O)cc(OC(C)COC)n1. The summed E-state index contributed by atoms with van der Waals surface area (Å²) in [5, 5.41) is 8.96. The summed E-state index contributed by atoms with van der Waals surface area (Å²) in [5.41, 5.74) is 0.890. The van der Waals surface area contributed by atoms with E-state index in [-0.39, 0.29) is 11.7 Å². The average Bonchev–Trinajstić information content (AvgIpc) is 2.28. The van der Waals surface area contributed by atoms with Crippen molar-refractivity contribution in [3.05, 3.63) is 23.4 Å². The Balaban J connectivity index is 2.90. The molecule has 1 rings (SSSR count). The van der Waals surface area contributed by atoms with Gasteiger partial charge in [-0.2, -0.15) is 0 Å². The number of hydrogen-bond donors (Lipinski definition) is 1. The van der Waals surface area contributed by atoms with Crippen molar-refractivity contribution in [2.45, 2.75) is 26.4 Å². The van der Waals surface area contributed by atoms with E-state index in [4.69, 9.17) is 14.6 Å². The van der Waals surface area contributed by atoms with Gasteiger partial charge in [0.1, 0.15) is 6.10 Å². The second kappa shape index (κ2) is 6.20. The quantitative estimate of drug-likeness (QED) is 0.819. The second-order valence-electron chi connectivity index (χ2n) is 3.73. The minimum Gasteiger partial charge on any atom is -0.478 e. The molecule has 0 radical (unpaired) electrons. The van der Waals surface area contributed by atoms with Gasteiger partial charge in [0.25, 0.3) is 0 Å². The number of aromatic carboxylic acids is 1. The number of carbonyl (C=O) groups is 1. The molecule has 94 valence electrons. The standard InChI is InChI=1S/C12H17NO4/c1-4-10-5-9(12(14)15)6-11(13-10)17-8(2)7-16-3/h5-6,8H,4,7H2,1-3H3,(H,14,15). The number of hydrogen-bond acceptors (Lipinski definition) is 4. The summed E-state index contributed by atoms with van der Waals surface area (Å²) in [6, 6.07) is 2.98. The van der Waals surface area contributed by atoms with Crippen LogP contribution in [0.3, 0.4) is 0 Å². The van der Waals surface area contributed by atoms with Crippen LogP contribution in [0, 0.1) is 0 Å². The minimum absolute atomic E-state index is 0.166. The molecule has 1 atom stereocenters. The average molecular weight is 239 g/mol. The fourth-order valence-electron chi connectivity index (χ4n) is 1.40. The van der Waals surface area contributed by atoms with E-state index >= 15 is 0 Å². The van der Waals surface area contributed by atoms with Crippen LogP contribution in [0.2, 0.25) is 0 Å². The van der Waals surface area contributed by atoms with E-state index in [1.54, 1.807) is 13.2 Å². The molecule has 5 nitrogen and oxygen atoms in total. The molecule has 1 aromatic heterocycles. The van der Waals surface area contributed by atoms with Gasteiger partial charge in [-0.15, -0.1) is 0 Å². The van der Waals surface area contributed by atoms with Gasteiger partial charge in [0.2, 0.25) is 5.88 Å². The zero-order valence-corrected chi connectivity index (χ0v) is 10.3. The van der Waals surface area contributed by atoms with Crippen molar-refractivity contribution in [1.82, 2.24) is 4.98 Å². The van der Waals surface area contributed by atoms with Crippen LogP contribution in [0.5, 0.6) is 5.88 Å². The van der Waals surface area contributed by atoms with Crippen molar-refractivity contribution in [2.24, 2.45) is 0 Å². The summed E-state index contributed by atoms with van der Waals surface area (Å²) in [7, 11) is 1.58. The molecule has 1 aromatic rings. The Morgan fingerprint density at radius 1 is 1.53 bits per heavy atom. The predicted molar refractivity (Wildman–Crippen MR) is 62.5 cm³/mol. The Morgan fingerprint density at radius 3 is 2.76 bits per heavy atom. The van der Waals surface area contributed by atoms with E-state index in [1.165, 1.54) is 6.07 Å². The van der Waals surface area contributed by atoms with E-state index in [0.29, 0.717) is 24.6 Å². The largest absolute Gasteiger partial charge is 0.478 e. The first kappa shape index (κ1) is 13.4. The van der Waals surface area contributed by atoms with Crippen LogP contribution in [0.1, 0.15) is 29.9 Å². The highest BCUT2D eigenvalue weighted by atomic mass is 16.5. The Morgan fingerprint density at radius 2 is 2.24 bits per heavy atom. The molecule has 0 saturated heterocycles. The molecule has 0 bridgehead atoms. The molecule has 0 spiro atoms. The number of carboxylic acid groups (broad SMARTS) is 1. The van der Waals surface area contributed by atoms with Crippen LogP contribution in [-0.4, -0.2) is 35.9 Å². The van der Waals surface area contributed by atoms with Gasteiger partial charge in [-0.05, 0) is 19.4 Å². The van der Waals surface area contributed by atoms with Crippen molar-refractivity contribution in [1.29, 1.82) is 0 Å². The van der Waals surface area contributed by atoms with Gasteiger partial charge in [0.05, 0.1) is 12.2 Å². The zero-order valence-electron chi connectivity index (χ0n) is 10.3. The molecule has 1 heterocycles. The lowest BCUT2D eigenvalue weighted by Crippen LogP contribution is -2.19. The van der Waals surface area contributed by atoms with E-state index in [0.717, 1.165) is 0 Å². The molecule has 17 heavy (non-hydrogen) atoms. The number of carboxylic acids is 1. The van der Waals surface area contributed by atoms with Crippen molar-refractivity contribution in [3.8, 4) is 5.88 Å². The van der Waals surface area contributed by atoms with Gasteiger partial charge in [-0.25, -0.2) is 9.78 Å². The van der Waals surface area contributed by atoms with Crippen molar-refractivity contribution in [2.75, 3.05) is 13.7 Å². The van der Waals surface area contributed by atoms with Gasteiger partial charge in [0.15, 0.2) is 0 Å². The second-order valence-corrected chi connectivity index (χ2v) is 3.73. The van der Waals surface area contributed by atoms with Crippen LogP contribution < -0.4 is 4.74 Å². The number of aromatic nitrogens is 1. The third-order valence-electron chi connectivity index (χ3n) is 2.19. The third kappa shape index (κ3) is 4.03. The van der Waals surface area contributed by atoms with E-state index < -0.39 is 5.97 Å². The van der Waals surface area contributed by atoms with Gasteiger partial charge in [0, 0.05) is 18.9 Å². The maximum absolute atomic E-state index is 10.9. The van der Waals surface area contributed by atoms with Crippen LogP contribution in [0.15, 0.2) is 12.1 Å². The molecule has 0 fully saturated rings. The topological polar surface area (TPSA) is 68.7 Å². The Bertz CT molecular complexity index is 392. The lowest BCUT2D eigenvalue weighted by atomic mass is 10.2. The third-order valence-corrected chi connectivity index (χ3v) is 2.19. The van der Waals surface area contributed by atoms with E-state index in [9.17, 15) is 4.79 Å². The number of pyridine rings is 1.